The first-order valence-electron chi connectivity index (χ1n) is 8.23. The first-order valence-corrected chi connectivity index (χ1v) is 9.81. The number of benzene rings is 2. The van der Waals surface area contributed by atoms with Crippen molar-refractivity contribution < 1.29 is 23.0 Å². The Labute approximate surface area is 195 Å². The number of hydrogen-bond acceptors (Lipinski definition) is 4. The minimum absolute atomic E-state index is 0. The Kier molecular flexibility index (Phi) is 10.0. The normalized spacial score (nSPS) is 15.8. The van der Waals surface area contributed by atoms with Crippen LogP contribution in [0.15, 0.2) is 45.3 Å². The van der Waals surface area contributed by atoms with Crippen LogP contribution in [0, 0.1) is 0 Å². The highest BCUT2D eigenvalue weighted by Gasteiger charge is 2.32. The molecular weight excluding hydrogens is 564 g/mol. The van der Waals surface area contributed by atoms with Gasteiger partial charge in [-0.15, -0.1) is 38.0 Å². The third-order valence-corrected chi connectivity index (χ3v) is 5.41. The summed E-state index contributed by atoms with van der Waals surface area (Å²) in [5, 5.41) is 13.8. The second-order valence-corrected chi connectivity index (χ2v) is 7.90. The average molecular weight is 583 g/mol. The molecule has 1 fully saturated rings. The second-order valence-electron chi connectivity index (χ2n) is 6.13. The van der Waals surface area contributed by atoms with E-state index < -0.39 is 6.36 Å². The molecule has 0 saturated carbocycles. The molecular formula is C18H19Br2Cl2F3N2O2. The fraction of sp³-hybridized carbons (Fsp3) is 0.333. The van der Waals surface area contributed by atoms with Crippen LogP contribution >= 0.6 is 56.7 Å². The molecule has 0 radical (unpaired) electrons. The van der Waals surface area contributed by atoms with Gasteiger partial charge >= 0.3 is 6.36 Å². The van der Waals surface area contributed by atoms with Crippen LogP contribution in [0.25, 0.3) is 0 Å². The van der Waals surface area contributed by atoms with Crippen molar-refractivity contribution in [1.29, 1.82) is 0 Å². The third-order valence-electron chi connectivity index (χ3n) is 4.29. The number of rotatable bonds is 4. The fourth-order valence-electron chi connectivity index (χ4n) is 3.19. The Morgan fingerprint density at radius 2 is 1.62 bits per heavy atom. The Morgan fingerprint density at radius 1 is 1.03 bits per heavy atom. The number of hydrogen-bond donors (Lipinski definition) is 2. The first-order chi connectivity index (χ1) is 12.7. The lowest BCUT2D eigenvalue weighted by Crippen LogP contribution is -2.45. The molecule has 2 N–H and O–H groups in total. The summed E-state index contributed by atoms with van der Waals surface area (Å²) in [5.74, 6) is -0.167. The maximum Gasteiger partial charge on any atom is 0.573 e. The van der Waals surface area contributed by atoms with Crippen LogP contribution in [0.4, 0.5) is 13.2 Å². The van der Waals surface area contributed by atoms with Crippen LogP contribution in [0.5, 0.6) is 11.5 Å². The van der Waals surface area contributed by atoms with E-state index in [0.29, 0.717) is 10.0 Å². The Bertz CT molecular complexity index is 782. The number of ether oxygens (including phenoxy) is 1. The molecule has 0 spiro atoms. The molecule has 1 heterocycles. The number of halogens is 7. The molecule has 0 amide bonds. The lowest BCUT2D eigenvalue weighted by molar-refractivity contribution is -0.274. The van der Waals surface area contributed by atoms with Gasteiger partial charge in [0.2, 0.25) is 0 Å². The molecule has 0 bridgehead atoms. The van der Waals surface area contributed by atoms with E-state index in [1.165, 1.54) is 12.1 Å². The molecule has 3 rings (SSSR count). The van der Waals surface area contributed by atoms with E-state index in [9.17, 15) is 18.3 Å². The van der Waals surface area contributed by atoms with E-state index in [0.717, 1.165) is 36.2 Å². The summed E-state index contributed by atoms with van der Waals surface area (Å²) in [6.07, 6.45) is -4.73. The first kappa shape index (κ1) is 26.3. The molecule has 0 aromatic heterocycles. The Hall–Kier alpha value is -0.710. The minimum atomic E-state index is -4.73. The topological polar surface area (TPSA) is 44.7 Å². The fourth-order valence-corrected chi connectivity index (χ4v) is 4.61. The molecule has 2 aromatic carbocycles. The van der Waals surface area contributed by atoms with Crippen molar-refractivity contribution in [2.24, 2.45) is 0 Å². The third kappa shape index (κ3) is 6.90. The minimum Gasteiger partial charge on any atom is -0.508 e. The summed E-state index contributed by atoms with van der Waals surface area (Å²) in [6.45, 7) is 3.07. The van der Waals surface area contributed by atoms with Crippen LogP contribution < -0.4 is 10.1 Å². The van der Waals surface area contributed by atoms with E-state index in [1.54, 1.807) is 18.2 Å². The number of phenolic OH excluding ortho intramolecular Hbond substituents is 1. The molecule has 0 aliphatic carbocycles. The highest BCUT2D eigenvalue weighted by molar-refractivity contribution is 9.11. The number of aromatic hydroxyl groups is 1. The van der Waals surface area contributed by atoms with Gasteiger partial charge in [0.15, 0.2) is 0 Å². The van der Waals surface area contributed by atoms with Gasteiger partial charge in [0, 0.05) is 40.7 Å². The van der Waals surface area contributed by atoms with Crippen molar-refractivity contribution in [3.8, 4) is 11.5 Å². The molecule has 0 unspecified atom stereocenters. The molecule has 4 nitrogen and oxygen atoms in total. The summed E-state index contributed by atoms with van der Waals surface area (Å²) in [7, 11) is 0. The Morgan fingerprint density at radius 3 is 2.14 bits per heavy atom. The zero-order valence-corrected chi connectivity index (χ0v) is 19.7. The zero-order chi connectivity index (χ0) is 19.6. The number of nitrogens with one attached hydrogen (secondary N) is 1. The number of nitrogens with zero attached hydrogens (tertiary/aromatic N) is 1. The van der Waals surface area contributed by atoms with Crippen LogP contribution in [0.1, 0.15) is 17.2 Å². The van der Waals surface area contributed by atoms with Gasteiger partial charge in [-0.3, -0.25) is 4.90 Å². The molecule has 162 valence electrons. The molecule has 29 heavy (non-hydrogen) atoms. The summed E-state index contributed by atoms with van der Waals surface area (Å²) >= 11 is 6.86. The van der Waals surface area contributed by atoms with Crippen molar-refractivity contribution >= 4 is 56.7 Å². The maximum atomic E-state index is 12.4. The summed E-state index contributed by atoms with van der Waals surface area (Å²) < 4.78 is 42.7. The highest BCUT2D eigenvalue weighted by Crippen LogP contribution is 2.41. The van der Waals surface area contributed by atoms with Gasteiger partial charge in [0.25, 0.3) is 0 Å². The number of piperazine rings is 1. The van der Waals surface area contributed by atoms with Crippen LogP contribution in [-0.4, -0.2) is 42.5 Å². The van der Waals surface area contributed by atoms with Crippen molar-refractivity contribution in [1.82, 2.24) is 10.2 Å². The lowest BCUT2D eigenvalue weighted by atomic mass is 9.95. The van der Waals surface area contributed by atoms with Gasteiger partial charge in [-0.25, -0.2) is 0 Å². The molecule has 1 atom stereocenters. The van der Waals surface area contributed by atoms with Crippen molar-refractivity contribution in [3.05, 3.63) is 56.5 Å². The molecule has 1 saturated heterocycles. The predicted octanol–water partition coefficient (Wildman–Crippen LogP) is 5.65. The number of alkyl halides is 3. The summed E-state index contributed by atoms with van der Waals surface area (Å²) in [5.41, 5.74) is 1.44. The van der Waals surface area contributed by atoms with E-state index in [1.807, 2.05) is 6.07 Å². The van der Waals surface area contributed by atoms with Crippen molar-refractivity contribution in [2.75, 3.05) is 26.2 Å². The standard InChI is InChI=1S/C18H17Br2F3N2O2.2ClH/c19-12-9-14(20)16(15(26)10-12)17(25-7-5-24-6-8-25)11-1-3-13(4-2-11)27-18(21,22)23;;/h1-4,9-10,17,24,26H,5-8H2;2*1H/t17-;;/m0../s1. The quantitative estimate of drug-likeness (QED) is 0.489. The molecule has 2 aromatic rings. The monoisotopic (exact) mass is 580 g/mol. The smallest absolute Gasteiger partial charge is 0.508 e. The van der Waals surface area contributed by atoms with Crippen molar-refractivity contribution in [3.63, 3.8) is 0 Å². The SMILES string of the molecule is Cl.Cl.Oc1cc(Br)cc(Br)c1[C@H](c1ccc(OC(F)(F)F)cc1)N1CCNCC1. The van der Waals surface area contributed by atoms with Gasteiger partial charge in [-0.05, 0) is 29.8 Å². The van der Waals surface area contributed by atoms with Gasteiger partial charge in [0.1, 0.15) is 11.5 Å². The summed E-state index contributed by atoms with van der Waals surface area (Å²) in [6, 6.07) is 8.92. The second kappa shape index (κ2) is 11.1. The summed E-state index contributed by atoms with van der Waals surface area (Å²) in [4.78, 5) is 2.18. The highest BCUT2D eigenvalue weighted by atomic mass is 79.9. The van der Waals surface area contributed by atoms with E-state index in [4.69, 9.17) is 0 Å². The maximum absolute atomic E-state index is 12.4. The van der Waals surface area contributed by atoms with Gasteiger partial charge < -0.3 is 15.2 Å². The van der Waals surface area contributed by atoms with Crippen LogP contribution in [0.2, 0.25) is 0 Å². The molecule has 11 heteroatoms. The van der Waals surface area contributed by atoms with Crippen molar-refractivity contribution in [2.45, 2.75) is 12.4 Å². The predicted molar refractivity (Wildman–Crippen MR) is 117 cm³/mol. The largest absolute Gasteiger partial charge is 0.573 e. The van der Waals surface area contributed by atoms with Crippen LogP contribution in [0.3, 0.4) is 0 Å². The molecule has 1 aliphatic rings. The Balaban J connectivity index is 0.00000210. The van der Waals surface area contributed by atoms with Gasteiger partial charge in [0.05, 0.1) is 6.04 Å². The van der Waals surface area contributed by atoms with Gasteiger partial charge in [-0.1, -0.05) is 44.0 Å². The van der Waals surface area contributed by atoms with E-state index in [2.05, 4.69) is 46.8 Å². The lowest BCUT2D eigenvalue weighted by Gasteiger charge is -2.36. The average Bonchev–Trinajstić information content (AvgIpc) is 2.58. The zero-order valence-electron chi connectivity index (χ0n) is 14.9. The molecule has 1 aliphatic heterocycles. The van der Waals surface area contributed by atoms with Gasteiger partial charge in [-0.2, -0.15) is 0 Å². The number of phenols is 1. The van der Waals surface area contributed by atoms with E-state index >= 15 is 0 Å². The van der Waals surface area contributed by atoms with E-state index in [-0.39, 0.29) is 42.4 Å². The van der Waals surface area contributed by atoms with Crippen LogP contribution in [-0.2, 0) is 0 Å².